The molecule has 9 heteroatoms. The molecular weight excluding hydrogens is 382 g/mol. The summed E-state index contributed by atoms with van der Waals surface area (Å²) in [4.78, 5) is 8.58. The summed E-state index contributed by atoms with van der Waals surface area (Å²) in [7, 11) is 3.11. The van der Waals surface area contributed by atoms with Crippen molar-refractivity contribution in [1.82, 2.24) is 15.4 Å². The van der Waals surface area contributed by atoms with Gasteiger partial charge in [0.1, 0.15) is 11.5 Å². The number of ether oxygens (including phenoxy) is 2. The average molecular weight is 404 g/mol. The van der Waals surface area contributed by atoms with Crippen LogP contribution in [0.4, 0.5) is 5.69 Å². The van der Waals surface area contributed by atoms with Crippen molar-refractivity contribution in [2.75, 3.05) is 39.2 Å². The van der Waals surface area contributed by atoms with Gasteiger partial charge in [-0.3, -0.25) is 15.4 Å². The van der Waals surface area contributed by atoms with Gasteiger partial charge in [-0.15, -0.1) is 0 Å². The fraction of sp³-hybridized carbons (Fsp3) is 0.263. The van der Waals surface area contributed by atoms with E-state index in [-0.39, 0.29) is 6.61 Å². The number of rotatable bonds is 6. The minimum absolute atomic E-state index is 0.0274. The molecule has 0 saturated carbocycles. The monoisotopic (exact) mass is 403 g/mol. The third-order valence-electron chi connectivity index (χ3n) is 4.09. The highest BCUT2D eigenvalue weighted by Crippen LogP contribution is 2.36. The Morgan fingerprint density at radius 1 is 1.21 bits per heavy atom. The maximum absolute atomic E-state index is 9.49. The Bertz CT molecular complexity index is 873. The third-order valence-corrected chi connectivity index (χ3v) is 4.39. The van der Waals surface area contributed by atoms with E-state index in [1.54, 1.807) is 38.7 Å². The van der Waals surface area contributed by atoms with E-state index in [9.17, 15) is 5.11 Å². The van der Waals surface area contributed by atoms with Crippen LogP contribution in [0, 0.1) is 0 Å². The number of pyridine rings is 1. The fourth-order valence-electron chi connectivity index (χ4n) is 2.78. The molecule has 0 spiro atoms. The van der Waals surface area contributed by atoms with Gasteiger partial charge in [0, 0.05) is 24.0 Å². The summed E-state index contributed by atoms with van der Waals surface area (Å²) in [5.41, 5.74) is 5.71. The van der Waals surface area contributed by atoms with Crippen molar-refractivity contribution in [2.24, 2.45) is 4.99 Å². The van der Waals surface area contributed by atoms with Gasteiger partial charge >= 0.3 is 0 Å². The Morgan fingerprint density at radius 3 is 2.64 bits per heavy atom. The SMILES string of the molecule is COc1cc(OC)c(NC2=NCC=C(c3ccncc3)N(CCO)N2)cc1Cl. The summed E-state index contributed by atoms with van der Waals surface area (Å²) < 4.78 is 10.7. The number of guanidine groups is 1. The molecule has 1 aliphatic rings. The highest BCUT2D eigenvalue weighted by Gasteiger charge is 2.18. The summed E-state index contributed by atoms with van der Waals surface area (Å²) in [5, 5.41) is 15.0. The van der Waals surface area contributed by atoms with Gasteiger partial charge in [0.05, 0.1) is 50.3 Å². The number of hydrogen-bond acceptors (Lipinski definition) is 8. The standard InChI is InChI=1S/C19H22ClN5O3/c1-27-17-12-18(28-2)15(11-14(17)20)23-19-22-8-5-16(25(24-19)9-10-26)13-3-6-21-7-4-13/h3-7,11-12,26H,8-10H2,1-2H3,(H2,22,23,24). The summed E-state index contributed by atoms with van der Waals surface area (Å²) >= 11 is 6.25. The fourth-order valence-corrected chi connectivity index (χ4v) is 3.02. The molecule has 8 nitrogen and oxygen atoms in total. The Balaban J connectivity index is 1.84. The minimum atomic E-state index is -0.0274. The van der Waals surface area contributed by atoms with Crippen molar-refractivity contribution in [1.29, 1.82) is 0 Å². The molecule has 0 unspecified atom stereocenters. The maximum Gasteiger partial charge on any atom is 0.215 e. The molecule has 0 fully saturated rings. The second kappa shape index (κ2) is 9.29. The van der Waals surface area contributed by atoms with Gasteiger partial charge in [0.2, 0.25) is 5.96 Å². The molecule has 148 valence electrons. The van der Waals surface area contributed by atoms with Crippen LogP contribution in [0.3, 0.4) is 0 Å². The zero-order valence-electron chi connectivity index (χ0n) is 15.6. The first-order valence-corrected chi connectivity index (χ1v) is 9.02. The molecule has 1 aromatic carbocycles. The van der Waals surface area contributed by atoms with E-state index in [1.807, 2.05) is 23.2 Å². The van der Waals surface area contributed by atoms with E-state index in [1.165, 1.54) is 0 Å². The van der Waals surface area contributed by atoms with Gasteiger partial charge in [-0.1, -0.05) is 11.6 Å². The minimum Gasteiger partial charge on any atom is -0.495 e. The summed E-state index contributed by atoms with van der Waals surface area (Å²) in [6.45, 7) is 0.789. The average Bonchev–Trinajstić information content (AvgIpc) is 2.91. The Kier molecular flexibility index (Phi) is 6.57. The molecule has 3 N–H and O–H groups in total. The molecule has 2 heterocycles. The zero-order valence-corrected chi connectivity index (χ0v) is 16.4. The van der Waals surface area contributed by atoms with Crippen molar-refractivity contribution in [3.8, 4) is 11.5 Å². The summed E-state index contributed by atoms with van der Waals surface area (Å²) in [5.74, 6) is 1.57. The summed E-state index contributed by atoms with van der Waals surface area (Å²) in [6.07, 6.45) is 5.43. The van der Waals surface area contributed by atoms with Gasteiger partial charge in [-0.05, 0) is 24.3 Å². The number of aliphatic imine (C=N–C) groups is 1. The Morgan fingerprint density at radius 2 is 1.96 bits per heavy atom. The van der Waals surface area contributed by atoms with Gasteiger partial charge < -0.3 is 19.9 Å². The highest BCUT2D eigenvalue weighted by atomic mass is 35.5. The van der Waals surface area contributed by atoms with Crippen LogP contribution >= 0.6 is 11.6 Å². The van der Waals surface area contributed by atoms with Gasteiger partial charge in [-0.25, -0.2) is 4.99 Å². The number of aliphatic hydroxyl groups excluding tert-OH is 1. The first kappa shape index (κ1) is 19.8. The number of methoxy groups -OCH3 is 2. The molecule has 0 amide bonds. The molecule has 2 aromatic rings. The van der Waals surface area contributed by atoms with Crippen molar-refractivity contribution in [2.45, 2.75) is 0 Å². The number of hydrogen-bond donors (Lipinski definition) is 3. The smallest absolute Gasteiger partial charge is 0.215 e. The van der Waals surface area contributed by atoms with Crippen LogP contribution in [0.15, 0.2) is 47.7 Å². The molecule has 1 aliphatic heterocycles. The zero-order chi connectivity index (χ0) is 19.9. The predicted molar refractivity (Wildman–Crippen MR) is 110 cm³/mol. The van der Waals surface area contributed by atoms with Crippen molar-refractivity contribution >= 4 is 28.9 Å². The molecular formula is C19H22ClN5O3. The molecule has 0 aliphatic carbocycles. The highest BCUT2D eigenvalue weighted by molar-refractivity contribution is 6.32. The number of aliphatic hydroxyl groups is 1. The largest absolute Gasteiger partial charge is 0.495 e. The second-order valence-electron chi connectivity index (χ2n) is 5.81. The van der Waals surface area contributed by atoms with Crippen LogP contribution in [0.25, 0.3) is 5.70 Å². The Hall–Kier alpha value is -2.97. The van der Waals surface area contributed by atoms with Crippen LogP contribution in [0.1, 0.15) is 5.56 Å². The molecule has 0 saturated heterocycles. The number of halogens is 1. The lowest BCUT2D eigenvalue weighted by atomic mass is 10.2. The quantitative estimate of drug-likeness (QED) is 0.682. The van der Waals surface area contributed by atoms with E-state index in [0.29, 0.717) is 41.3 Å². The Labute approximate surface area is 168 Å². The van der Waals surface area contributed by atoms with E-state index >= 15 is 0 Å². The molecule has 0 bridgehead atoms. The predicted octanol–water partition coefficient (Wildman–Crippen LogP) is 2.37. The van der Waals surface area contributed by atoms with E-state index in [2.05, 4.69) is 20.7 Å². The lowest BCUT2D eigenvalue weighted by molar-refractivity contribution is 0.229. The van der Waals surface area contributed by atoms with E-state index < -0.39 is 0 Å². The molecule has 3 rings (SSSR count). The second-order valence-corrected chi connectivity index (χ2v) is 6.22. The van der Waals surface area contributed by atoms with Gasteiger partial charge in [0.15, 0.2) is 0 Å². The molecule has 1 aromatic heterocycles. The number of anilines is 1. The lowest BCUT2D eigenvalue weighted by Crippen LogP contribution is -2.44. The van der Waals surface area contributed by atoms with E-state index in [0.717, 1.165) is 11.3 Å². The number of aromatic nitrogens is 1. The van der Waals surface area contributed by atoms with Crippen LogP contribution < -0.4 is 20.2 Å². The first-order valence-electron chi connectivity index (χ1n) is 8.65. The molecule has 0 radical (unpaired) electrons. The number of hydrazine groups is 1. The lowest BCUT2D eigenvalue weighted by Gasteiger charge is -2.28. The maximum atomic E-state index is 9.49. The number of nitrogens with one attached hydrogen (secondary N) is 2. The molecule has 28 heavy (non-hydrogen) atoms. The van der Waals surface area contributed by atoms with Crippen molar-refractivity contribution in [3.05, 3.63) is 53.3 Å². The van der Waals surface area contributed by atoms with Crippen molar-refractivity contribution in [3.63, 3.8) is 0 Å². The normalized spacial score (nSPS) is 13.8. The number of β-amino-alcohol motifs (C(OH)–C–C–N with tert-alkyl or cyclic N) is 1. The first-order chi connectivity index (χ1) is 13.7. The molecule has 0 atom stereocenters. The number of benzene rings is 1. The topological polar surface area (TPSA) is 91.2 Å². The van der Waals surface area contributed by atoms with E-state index in [4.69, 9.17) is 21.1 Å². The van der Waals surface area contributed by atoms with Crippen LogP contribution in [0.2, 0.25) is 5.02 Å². The summed E-state index contributed by atoms with van der Waals surface area (Å²) in [6, 6.07) is 7.22. The number of nitrogens with zero attached hydrogens (tertiary/aromatic N) is 3. The van der Waals surface area contributed by atoms with Crippen LogP contribution in [-0.2, 0) is 0 Å². The van der Waals surface area contributed by atoms with Crippen LogP contribution in [-0.4, -0.2) is 55.0 Å². The van der Waals surface area contributed by atoms with Crippen molar-refractivity contribution < 1.29 is 14.6 Å². The van der Waals surface area contributed by atoms with Gasteiger partial charge in [0.25, 0.3) is 0 Å². The van der Waals surface area contributed by atoms with Gasteiger partial charge in [-0.2, -0.15) is 0 Å². The third kappa shape index (κ3) is 4.47. The van der Waals surface area contributed by atoms with Crippen LogP contribution in [0.5, 0.6) is 11.5 Å².